The van der Waals surface area contributed by atoms with Gasteiger partial charge < -0.3 is 66.4 Å². The molecule has 0 spiro atoms. The number of nitrogens with one attached hydrogen (secondary N) is 4. The van der Waals surface area contributed by atoms with Crippen molar-refractivity contribution < 1.29 is 57.8 Å². The van der Waals surface area contributed by atoms with Gasteiger partial charge >= 0.3 is 0 Å². The number of carbonyl (C=O) groups is 11. The average Bonchev–Trinajstić information content (AvgIpc) is 0.858. The van der Waals surface area contributed by atoms with Crippen LogP contribution in [-0.2, 0) is 52.7 Å². The van der Waals surface area contributed by atoms with E-state index in [-0.39, 0.29) is 55.8 Å². The molecule has 7 N–H and O–H groups in total. The van der Waals surface area contributed by atoms with Crippen LogP contribution in [0.2, 0.25) is 0 Å². The van der Waals surface area contributed by atoms with E-state index in [9.17, 15) is 38.7 Å². The van der Waals surface area contributed by atoms with Gasteiger partial charge in [0.1, 0.15) is 60.4 Å². The molecule has 518 valence electrons. The van der Waals surface area contributed by atoms with Crippen molar-refractivity contribution in [1.82, 2.24) is 55.6 Å². The molecule has 0 aromatic carbocycles. The van der Waals surface area contributed by atoms with E-state index in [1.165, 1.54) is 87.7 Å². The minimum Gasteiger partial charge on any atom is -0.390 e. The summed E-state index contributed by atoms with van der Waals surface area (Å²) in [5.41, 5.74) is 5.70. The van der Waals surface area contributed by atoms with Crippen LogP contribution in [0.3, 0.4) is 0 Å². The first-order valence-electron chi connectivity index (χ1n) is 33.2. The molecule has 90 heavy (non-hydrogen) atoms. The van der Waals surface area contributed by atoms with Gasteiger partial charge in [0.2, 0.25) is 65.0 Å². The minimum absolute atomic E-state index is 0.0284. The van der Waals surface area contributed by atoms with Crippen LogP contribution < -0.4 is 27.0 Å². The summed E-state index contributed by atoms with van der Waals surface area (Å²) in [6.45, 7) is 28.3. The highest BCUT2D eigenvalue weighted by molar-refractivity contribution is 5.99. The summed E-state index contributed by atoms with van der Waals surface area (Å²) in [5, 5.41) is 23.4. The summed E-state index contributed by atoms with van der Waals surface area (Å²) in [4.78, 5) is 170. The number of hydrogen-bond acceptors (Lipinski definition) is 13. The predicted octanol–water partition coefficient (Wildman–Crippen LogP) is 3.99. The molecule has 1 rings (SSSR count). The van der Waals surface area contributed by atoms with E-state index in [0.717, 1.165) is 41.9 Å². The molecule has 0 aromatic heterocycles. The normalized spacial score (nSPS) is 26.0. The van der Waals surface area contributed by atoms with Gasteiger partial charge in [-0.3, -0.25) is 52.7 Å². The zero-order valence-electron chi connectivity index (χ0n) is 59.4. The number of amides is 11. The SMILES string of the molecule is CC[C@@H]1NC(=O)[C@H]([C@H](O)[C@H](C)CCCCCCCCN)N(C)C(=O)[C@H](C(C)C)N(C)C(=O)[C@H](CC(C)C)N(C)C(=O)[C@H](CC(C)C)N(C)C(=O)[C@@H](C)NC(=O)[C@H](C)NC(=O)[C@H](CC(C)C)N(C)C(=O)[C@H](C(C)C)NC(=O)[C@H](CC(C)C)N(C)C(=O)CN(C)C1=O. The molecular weight excluding hydrogens is 1150 g/mol. The summed E-state index contributed by atoms with van der Waals surface area (Å²) in [6.07, 6.45) is 5.11. The lowest BCUT2D eigenvalue weighted by atomic mass is 9.90. The third-order valence-electron chi connectivity index (χ3n) is 17.4. The highest BCUT2D eigenvalue weighted by atomic mass is 16.3. The zero-order valence-corrected chi connectivity index (χ0v) is 59.4. The number of carbonyl (C=O) groups excluding carboxylic acids is 11. The Labute approximate surface area is 540 Å². The second-order valence-corrected chi connectivity index (χ2v) is 28.0. The average molecular weight is 1280 g/mol. The van der Waals surface area contributed by atoms with Crippen molar-refractivity contribution in [3.05, 3.63) is 0 Å². The molecule has 1 saturated heterocycles. The van der Waals surface area contributed by atoms with Crippen LogP contribution in [0.25, 0.3) is 0 Å². The van der Waals surface area contributed by atoms with Gasteiger partial charge in [-0.15, -0.1) is 0 Å². The molecule has 0 saturated carbocycles. The van der Waals surface area contributed by atoms with Crippen LogP contribution in [0.4, 0.5) is 0 Å². The Balaban J connectivity index is 4.31. The first kappa shape index (κ1) is 82.1. The molecule has 1 aliphatic rings. The Hall–Kier alpha value is -5.91. The van der Waals surface area contributed by atoms with Gasteiger partial charge in [0.05, 0.1) is 12.6 Å². The summed E-state index contributed by atoms with van der Waals surface area (Å²) in [6, 6.07) is -12.3. The second-order valence-electron chi connectivity index (χ2n) is 28.0. The van der Waals surface area contributed by atoms with Crippen LogP contribution in [0, 0.1) is 41.4 Å². The van der Waals surface area contributed by atoms with Crippen LogP contribution >= 0.6 is 0 Å². The molecule has 24 heteroatoms. The van der Waals surface area contributed by atoms with Crippen molar-refractivity contribution in [2.24, 2.45) is 47.2 Å². The van der Waals surface area contributed by atoms with Crippen LogP contribution in [-0.4, -0.2) is 233 Å². The van der Waals surface area contributed by atoms with E-state index in [1.54, 1.807) is 41.5 Å². The Bertz CT molecular complexity index is 2370. The number of aliphatic hydroxyl groups is 1. The standard InChI is InChI=1S/C66H122N12O12/c1-24-47-62(86)72(17)37-52(79)73(18)48(33-38(2)3)59(83)71-53(42(10)11)65(89)74(19)49(34-39(4)5)58(82)68-45(15)57(81)69-46(16)61(85)75(20)50(35-40(6)7)63(87)76(21)51(36-41(8)9)64(88)77(22)54(43(12)13)66(90)78(23)55(60(84)70-47)56(80)44(14)31-29-27-25-26-28-30-32-67/h38-51,53-56,80H,24-37,67H2,1-23H3,(H,68,82)(H,69,81)(H,70,84)(H,71,83)/t44-,45+,46-,47+,48+,49+,50+,51+,53+,54+,55+,56-/m1/s1. The number of aliphatic hydroxyl groups excluding tert-OH is 1. The van der Waals surface area contributed by atoms with E-state index in [1.807, 2.05) is 55.4 Å². The highest BCUT2D eigenvalue weighted by Gasteiger charge is 2.46. The first-order chi connectivity index (χ1) is 41.7. The Morgan fingerprint density at radius 3 is 1.31 bits per heavy atom. The number of likely N-dealkylation sites (N-methyl/N-ethyl adjacent to an activating group) is 7. The maximum atomic E-state index is 15.3. The fourth-order valence-corrected chi connectivity index (χ4v) is 11.7. The van der Waals surface area contributed by atoms with Crippen molar-refractivity contribution >= 4 is 65.0 Å². The van der Waals surface area contributed by atoms with Crippen LogP contribution in [0.5, 0.6) is 0 Å². The van der Waals surface area contributed by atoms with E-state index >= 15 is 19.2 Å². The summed E-state index contributed by atoms with van der Waals surface area (Å²) in [7, 11) is 10.0. The lowest BCUT2D eigenvalue weighted by Gasteiger charge is -2.41. The summed E-state index contributed by atoms with van der Waals surface area (Å²) >= 11 is 0. The van der Waals surface area contributed by atoms with Crippen molar-refractivity contribution in [1.29, 1.82) is 0 Å². The molecule has 0 unspecified atom stereocenters. The molecule has 12 atom stereocenters. The van der Waals surface area contributed by atoms with Crippen molar-refractivity contribution in [2.45, 2.75) is 254 Å². The molecule has 0 aromatic rings. The molecule has 1 heterocycles. The topological polar surface area (TPSA) is 305 Å². The van der Waals surface area contributed by atoms with Crippen LogP contribution in [0.15, 0.2) is 0 Å². The van der Waals surface area contributed by atoms with E-state index in [4.69, 9.17) is 5.73 Å². The second kappa shape index (κ2) is 38.8. The highest BCUT2D eigenvalue weighted by Crippen LogP contribution is 2.26. The number of unbranched alkanes of at least 4 members (excludes halogenated alkanes) is 5. The first-order valence-corrected chi connectivity index (χ1v) is 33.2. The van der Waals surface area contributed by atoms with E-state index < -0.39 is 156 Å². The predicted molar refractivity (Wildman–Crippen MR) is 350 cm³/mol. The molecule has 24 nitrogen and oxygen atoms in total. The number of nitrogens with zero attached hydrogens (tertiary/aromatic N) is 7. The van der Waals surface area contributed by atoms with E-state index in [0.29, 0.717) is 19.4 Å². The van der Waals surface area contributed by atoms with Crippen LogP contribution in [0.1, 0.15) is 188 Å². The summed E-state index contributed by atoms with van der Waals surface area (Å²) in [5.74, 6) is -9.57. The zero-order chi connectivity index (χ0) is 69.5. The Morgan fingerprint density at radius 1 is 0.433 bits per heavy atom. The fourth-order valence-electron chi connectivity index (χ4n) is 11.7. The third-order valence-corrected chi connectivity index (χ3v) is 17.4. The third kappa shape index (κ3) is 24.3. The molecular formula is C66H122N12O12. The fraction of sp³-hybridized carbons (Fsp3) is 0.833. The van der Waals surface area contributed by atoms with Gasteiger partial charge in [-0.25, -0.2) is 0 Å². The number of rotatable bonds is 21. The van der Waals surface area contributed by atoms with Gasteiger partial charge in [-0.1, -0.05) is 129 Å². The molecule has 1 aliphatic heterocycles. The van der Waals surface area contributed by atoms with Crippen molar-refractivity contribution in [3.63, 3.8) is 0 Å². The van der Waals surface area contributed by atoms with Gasteiger partial charge in [-0.05, 0) is 107 Å². The van der Waals surface area contributed by atoms with Gasteiger partial charge in [-0.2, -0.15) is 0 Å². The van der Waals surface area contributed by atoms with Gasteiger partial charge in [0.25, 0.3) is 0 Å². The molecule has 0 radical (unpaired) electrons. The monoisotopic (exact) mass is 1270 g/mol. The number of hydrogen-bond donors (Lipinski definition) is 6. The largest absolute Gasteiger partial charge is 0.390 e. The van der Waals surface area contributed by atoms with E-state index in [2.05, 4.69) is 21.3 Å². The molecule has 1 fully saturated rings. The van der Waals surface area contributed by atoms with Crippen molar-refractivity contribution in [3.8, 4) is 0 Å². The number of nitrogens with two attached hydrogens (primary N) is 1. The maximum absolute atomic E-state index is 15.3. The quantitative estimate of drug-likeness (QED) is 0.0888. The summed E-state index contributed by atoms with van der Waals surface area (Å²) < 4.78 is 0. The van der Waals surface area contributed by atoms with Gasteiger partial charge in [0.15, 0.2) is 0 Å². The Morgan fingerprint density at radius 2 is 0.844 bits per heavy atom. The van der Waals surface area contributed by atoms with Gasteiger partial charge in [0, 0.05) is 49.3 Å². The minimum atomic E-state index is -1.59. The molecule has 0 bridgehead atoms. The molecule has 11 amide bonds. The smallest absolute Gasteiger partial charge is 0.246 e. The Kier molecular flexibility index (Phi) is 35.4. The maximum Gasteiger partial charge on any atom is 0.246 e. The lowest BCUT2D eigenvalue weighted by molar-refractivity contribution is -0.157. The molecule has 0 aliphatic carbocycles. The lowest BCUT2D eigenvalue weighted by Crippen LogP contribution is -2.63. The van der Waals surface area contributed by atoms with Crippen molar-refractivity contribution in [2.75, 3.05) is 62.4 Å².